The SMILES string of the molecule is CCOc1cc(/C=C2/SC(=O)N(Cc3ccc(Cl)cc3)C2=O)ccc1OC(CC)C(=O)O. The lowest BCUT2D eigenvalue weighted by atomic mass is 10.1. The molecule has 1 aliphatic heterocycles. The number of benzene rings is 2. The average Bonchev–Trinajstić information content (AvgIpc) is 3.02. The molecule has 0 bridgehead atoms. The molecule has 168 valence electrons. The van der Waals surface area contributed by atoms with E-state index >= 15 is 0 Å². The van der Waals surface area contributed by atoms with E-state index in [9.17, 15) is 19.5 Å². The van der Waals surface area contributed by atoms with Gasteiger partial charge in [0.15, 0.2) is 17.6 Å². The Balaban J connectivity index is 1.81. The summed E-state index contributed by atoms with van der Waals surface area (Å²) in [5.74, 6) is -0.783. The minimum atomic E-state index is -1.06. The summed E-state index contributed by atoms with van der Waals surface area (Å²) >= 11 is 6.75. The van der Waals surface area contributed by atoms with Crippen molar-refractivity contribution >= 4 is 46.6 Å². The van der Waals surface area contributed by atoms with Crippen LogP contribution in [0.3, 0.4) is 0 Å². The van der Waals surface area contributed by atoms with Gasteiger partial charge in [0.25, 0.3) is 11.1 Å². The van der Waals surface area contributed by atoms with E-state index in [2.05, 4.69) is 0 Å². The van der Waals surface area contributed by atoms with E-state index in [0.717, 1.165) is 17.3 Å². The van der Waals surface area contributed by atoms with Crippen LogP contribution in [0.5, 0.6) is 11.5 Å². The first-order valence-electron chi connectivity index (χ1n) is 9.98. The number of halogens is 1. The van der Waals surface area contributed by atoms with Gasteiger partial charge in [-0.05, 0) is 66.6 Å². The van der Waals surface area contributed by atoms with Gasteiger partial charge in [0.05, 0.1) is 18.1 Å². The summed E-state index contributed by atoms with van der Waals surface area (Å²) in [4.78, 5) is 38.0. The van der Waals surface area contributed by atoms with Gasteiger partial charge in [0, 0.05) is 5.02 Å². The molecule has 1 atom stereocenters. The van der Waals surface area contributed by atoms with Gasteiger partial charge in [-0.15, -0.1) is 0 Å². The number of amides is 2. The highest BCUT2D eigenvalue weighted by Gasteiger charge is 2.35. The number of aliphatic carboxylic acids is 1. The predicted molar refractivity (Wildman–Crippen MR) is 123 cm³/mol. The third-order valence-electron chi connectivity index (χ3n) is 4.61. The van der Waals surface area contributed by atoms with E-state index in [1.165, 1.54) is 4.90 Å². The van der Waals surface area contributed by atoms with Crippen LogP contribution in [-0.4, -0.2) is 39.8 Å². The maximum absolute atomic E-state index is 12.8. The third-order valence-corrected chi connectivity index (χ3v) is 5.77. The molecule has 0 spiro atoms. The molecule has 7 nitrogen and oxygen atoms in total. The quantitative estimate of drug-likeness (QED) is 0.497. The largest absolute Gasteiger partial charge is 0.490 e. The summed E-state index contributed by atoms with van der Waals surface area (Å²) in [5.41, 5.74) is 1.42. The molecule has 2 aromatic rings. The highest BCUT2D eigenvalue weighted by Crippen LogP contribution is 2.36. The summed E-state index contributed by atoms with van der Waals surface area (Å²) in [5, 5.41) is 9.46. The smallest absolute Gasteiger partial charge is 0.344 e. The number of carbonyl (C=O) groups is 3. The topological polar surface area (TPSA) is 93.1 Å². The number of ether oxygens (including phenoxy) is 2. The molecule has 32 heavy (non-hydrogen) atoms. The number of carboxylic acid groups (broad SMARTS) is 1. The van der Waals surface area contributed by atoms with E-state index in [1.807, 2.05) is 0 Å². The maximum Gasteiger partial charge on any atom is 0.344 e. The van der Waals surface area contributed by atoms with Crippen molar-refractivity contribution in [1.29, 1.82) is 0 Å². The Morgan fingerprint density at radius 3 is 2.50 bits per heavy atom. The molecule has 0 radical (unpaired) electrons. The van der Waals surface area contributed by atoms with E-state index in [1.54, 1.807) is 62.4 Å². The Morgan fingerprint density at radius 2 is 1.88 bits per heavy atom. The van der Waals surface area contributed by atoms with Crippen LogP contribution in [0.15, 0.2) is 47.4 Å². The van der Waals surface area contributed by atoms with E-state index < -0.39 is 12.1 Å². The minimum Gasteiger partial charge on any atom is -0.490 e. The number of thioether (sulfide) groups is 1. The summed E-state index contributed by atoms with van der Waals surface area (Å²) in [6.45, 7) is 4.02. The standard InChI is InChI=1S/C23H22ClNO6S/c1-3-17(22(27)28)31-18-10-7-15(11-19(18)30-4-2)12-20-21(26)25(23(29)32-20)13-14-5-8-16(24)9-6-14/h5-12,17H,3-4,13H2,1-2H3,(H,27,28)/b20-12+. The van der Waals surface area contributed by atoms with Gasteiger partial charge < -0.3 is 14.6 Å². The normalized spacial score (nSPS) is 15.8. The van der Waals surface area contributed by atoms with Crippen molar-refractivity contribution in [3.63, 3.8) is 0 Å². The number of hydrogen-bond donors (Lipinski definition) is 1. The first-order chi connectivity index (χ1) is 15.3. The van der Waals surface area contributed by atoms with Gasteiger partial charge in [-0.1, -0.05) is 36.7 Å². The zero-order valence-corrected chi connectivity index (χ0v) is 19.1. The van der Waals surface area contributed by atoms with Gasteiger partial charge in [-0.2, -0.15) is 0 Å². The van der Waals surface area contributed by atoms with Crippen molar-refractivity contribution in [2.45, 2.75) is 32.9 Å². The van der Waals surface area contributed by atoms with E-state index in [0.29, 0.717) is 35.1 Å². The first-order valence-corrected chi connectivity index (χ1v) is 11.2. The second kappa shape index (κ2) is 10.6. The fraction of sp³-hybridized carbons (Fsp3) is 0.261. The average molecular weight is 476 g/mol. The summed E-state index contributed by atoms with van der Waals surface area (Å²) < 4.78 is 11.2. The molecular weight excluding hydrogens is 454 g/mol. The van der Waals surface area contributed by atoms with Crippen molar-refractivity contribution in [3.8, 4) is 11.5 Å². The minimum absolute atomic E-state index is 0.156. The predicted octanol–water partition coefficient (Wildman–Crippen LogP) is 5.22. The fourth-order valence-electron chi connectivity index (χ4n) is 3.00. The lowest BCUT2D eigenvalue weighted by molar-refractivity contribution is -0.145. The number of carbonyl (C=O) groups excluding carboxylic acids is 2. The molecule has 1 N–H and O–H groups in total. The molecule has 2 amide bonds. The lowest BCUT2D eigenvalue weighted by Gasteiger charge is -2.17. The molecule has 0 aliphatic carbocycles. The zero-order valence-electron chi connectivity index (χ0n) is 17.5. The van der Waals surface area contributed by atoms with Gasteiger partial charge >= 0.3 is 5.97 Å². The van der Waals surface area contributed by atoms with E-state index in [-0.39, 0.29) is 22.6 Å². The fourth-order valence-corrected chi connectivity index (χ4v) is 3.97. The van der Waals surface area contributed by atoms with Crippen LogP contribution in [0, 0.1) is 0 Å². The molecule has 1 unspecified atom stereocenters. The number of nitrogens with zero attached hydrogens (tertiary/aromatic N) is 1. The first kappa shape index (κ1) is 23.7. The molecule has 1 fully saturated rings. The molecule has 1 saturated heterocycles. The van der Waals surface area contributed by atoms with Crippen molar-refractivity contribution < 1.29 is 29.0 Å². The van der Waals surface area contributed by atoms with Crippen LogP contribution in [-0.2, 0) is 16.1 Å². The molecule has 0 aromatic heterocycles. The van der Waals surface area contributed by atoms with Crippen LogP contribution in [0.2, 0.25) is 5.02 Å². The second-order valence-electron chi connectivity index (χ2n) is 6.89. The monoisotopic (exact) mass is 475 g/mol. The number of rotatable bonds is 9. The number of hydrogen-bond acceptors (Lipinski definition) is 6. The highest BCUT2D eigenvalue weighted by molar-refractivity contribution is 8.18. The van der Waals surface area contributed by atoms with Crippen LogP contribution >= 0.6 is 23.4 Å². The zero-order chi connectivity index (χ0) is 23.3. The Morgan fingerprint density at radius 1 is 1.16 bits per heavy atom. The third kappa shape index (κ3) is 5.63. The molecule has 0 saturated carbocycles. The summed E-state index contributed by atoms with van der Waals surface area (Å²) in [6, 6.07) is 11.9. The Labute approximate surface area is 194 Å². The van der Waals surface area contributed by atoms with Gasteiger partial charge in [-0.3, -0.25) is 14.5 Å². The molecule has 9 heteroatoms. The van der Waals surface area contributed by atoms with E-state index in [4.69, 9.17) is 21.1 Å². The number of imide groups is 1. The number of carboxylic acids is 1. The Kier molecular flexibility index (Phi) is 7.82. The van der Waals surface area contributed by atoms with Crippen LogP contribution in [0.4, 0.5) is 4.79 Å². The van der Waals surface area contributed by atoms with Crippen molar-refractivity contribution in [2.75, 3.05) is 6.61 Å². The van der Waals surface area contributed by atoms with Gasteiger partial charge in [0.1, 0.15) is 0 Å². The summed E-state index contributed by atoms with van der Waals surface area (Å²) in [6.07, 6.45) is 0.904. The maximum atomic E-state index is 12.8. The molecular formula is C23H22ClNO6S. The second-order valence-corrected chi connectivity index (χ2v) is 8.32. The Bertz CT molecular complexity index is 1050. The van der Waals surface area contributed by atoms with Gasteiger partial charge in [-0.25, -0.2) is 4.79 Å². The molecule has 3 rings (SSSR count). The van der Waals surface area contributed by atoms with Crippen LogP contribution in [0.1, 0.15) is 31.4 Å². The Hall–Kier alpha value is -2.97. The van der Waals surface area contributed by atoms with Crippen molar-refractivity contribution in [2.24, 2.45) is 0 Å². The van der Waals surface area contributed by atoms with Crippen LogP contribution < -0.4 is 9.47 Å². The molecule has 1 heterocycles. The molecule has 2 aromatic carbocycles. The summed E-state index contributed by atoms with van der Waals surface area (Å²) in [7, 11) is 0. The van der Waals surface area contributed by atoms with Crippen molar-refractivity contribution in [1.82, 2.24) is 4.90 Å². The highest BCUT2D eigenvalue weighted by atomic mass is 35.5. The van der Waals surface area contributed by atoms with Gasteiger partial charge in [0.2, 0.25) is 0 Å². The van der Waals surface area contributed by atoms with Crippen molar-refractivity contribution in [3.05, 3.63) is 63.5 Å². The van der Waals surface area contributed by atoms with Crippen LogP contribution in [0.25, 0.3) is 6.08 Å². The lowest BCUT2D eigenvalue weighted by Crippen LogP contribution is -2.27. The molecule has 1 aliphatic rings.